The normalized spacial score (nSPS) is 20.4. The number of aldehydes is 1. The number of hydrogen-bond donors (Lipinski definition) is 0. The van der Waals surface area contributed by atoms with E-state index >= 15 is 0 Å². The van der Waals surface area contributed by atoms with Gasteiger partial charge < -0.3 is 14.4 Å². The van der Waals surface area contributed by atoms with Crippen molar-refractivity contribution in [3.63, 3.8) is 0 Å². The minimum absolute atomic E-state index is 0.241. The van der Waals surface area contributed by atoms with Crippen LogP contribution >= 0.6 is 0 Å². The molecule has 1 aliphatic heterocycles. The molecule has 0 aromatic heterocycles. The molecule has 0 saturated carbocycles. The molecule has 1 aromatic carbocycles. The molecule has 1 aliphatic rings. The third-order valence-electron chi connectivity index (χ3n) is 4.33. The average molecular weight is 361 g/mol. The van der Waals surface area contributed by atoms with Gasteiger partial charge >= 0.3 is 12.1 Å². The molecular formula is C20H27NO5. The molecule has 0 aliphatic carbocycles. The Bertz CT molecular complexity index is 664. The number of amides is 1. The van der Waals surface area contributed by atoms with E-state index in [1.165, 1.54) is 0 Å². The van der Waals surface area contributed by atoms with Crippen LogP contribution < -0.4 is 0 Å². The Balaban J connectivity index is 2.27. The van der Waals surface area contributed by atoms with E-state index in [0.29, 0.717) is 31.7 Å². The minimum atomic E-state index is -0.581. The molecule has 1 fully saturated rings. The van der Waals surface area contributed by atoms with Crippen molar-refractivity contribution in [3.05, 3.63) is 35.4 Å². The van der Waals surface area contributed by atoms with Crippen molar-refractivity contribution in [1.29, 1.82) is 0 Å². The molecule has 6 heteroatoms. The van der Waals surface area contributed by atoms with Crippen LogP contribution in [0.3, 0.4) is 0 Å². The smallest absolute Gasteiger partial charge is 0.410 e. The first-order valence-electron chi connectivity index (χ1n) is 8.95. The SMILES string of the molecule is CCOC(=O)[C@@H]1CCN(C(=O)OC(C)(C)C)C[C@H]1c1cccc(C=O)c1. The van der Waals surface area contributed by atoms with Gasteiger partial charge in [0.1, 0.15) is 11.9 Å². The van der Waals surface area contributed by atoms with E-state index in [4.69, 9.17) is 9.47 Å². The number of piperidine rings is 1. The van der Waals surface area contributed by atoms with E-state index in [1.807, 2.05) is 26.8 Å². The van der Waals surface area contributed by atoms with Crippen LogP contribution in [0.5, 0.6) is 0 Å². The molecule has 1 amide bonds. The minimum Gasteiger partial charge on any atom is -0.466 e. The summed E-state index contributed by atoms with van der Waals surface area (Å²) in [7, 11) is 0. The fourth-order valence-corrected chi connectivity index (χ4v) is 3.18. The summed E-state index contributed by atoms with van der Waals surface area (Å²) < 4.78 is 10.7. The first kappa shape index (κ1) is 19.9. The van der Waals surface area contributed by atoms with Crippen LogP contribution in [-0.2, 0) is 14.3 Å². The Morgan fingerprint density at radius 1 is 1.31 bits per heavy atom. The summed E-state index contributed by atoms with van der Waals surface area (Å²) in [5.74, 6) is -0.858. The predicted molar refractivity (Wildman–Crippen MR) is 97.1 cm³/mol. The largest absolute Gasteiger partial charge is 0.466 e. The van der Waals surface area contributed by atoms with E-state index in [0.717, 1.165) is 11.8 Å². The summed E-state index contributed by atoms with van der Waals surface area (Å²) in [6, 6.07) is 7.14. The molecular weight excluding hydrogens is 334 g/mol. The molecule has 0 N–H and O–H groups in total. The molecule has 26 heavy (non-hydrogen) atoms. The number of benzene rings is 1. The van der Waals surface area contributed by atoms with Gasteiger partial charge in [-0.2, -0.15) is 0 Å². The van der Waals surface area contributed by atoms with Gasteiger partial charge in [0.15, 0.2) is 0 Å². The molecule has 0 radical (unpaired) electrons. The number of esters is 1. The monoisotopic (exact) mass is 361 g/mol. The van der Waals surface area contributed by atoms with Gasteiger partial charge in [0.25, 0.3) is 0 Å². The highest BCUT2D eigenvalue weighted by molar-refractivity contribution is 5.77. The lowest BCUT2D eigenvalue weighted by Gasteiger charge is -2.38. The average Bonchev–Trinajstić information content (AvgIpc) is 2.60. The summed E-state index contributed by atoms with van der Waals surface area (Å²) in [6.45, 7) is 8.33. The molecule has 0 spiro atoms. The second-order valence-electron chi connectivity index (χ2n) is 7.47. The molecule has 1 saturated heterocycles. The van der Waals surface area contributed by atoms with Crippen molar-refractivity contribution in [2.24, 2.45) is 5.92 Å². The van der Waals surface area contributed by atoms with Crippen molar-refractivity contribution in [1.82, 2.24) is 4.90 Å². The van der Waals surface area contributed by atoms with Crippen LogP contribution in [0, 0.1) is 5.92 Å². The quantitative estimate of drug-likeness (QED) is 0.607. The Kier molecular flexibility index (Phi) is 6.40. The van der Waals surface area contributed by atoms with Gasteiger partial charge in [0.2, 0.25) is 0 Å². The summed E-state index contributed by atoms with van der Waals surface area (Å²) in [5, 5.41) is 0. The molecule has 0 unspecified atom stereocenters. The third kappa shape index (κ3) is 5.07. The zero-order chi connectivity index (χ0) is 19.3. The van der Waals surface area contributed by atoms with Gasteiger partial charge in [-0.1, -0.05) is 18.2 Å². The second-order valence-corrected chi connectivity index (χ2v) is 7.47. The maximum absolute atomic E-state index is 12.4. The molecule has 2 atom stereocenters. The molecule has 1 aromatic rings. The molecule has 142 valence electrons. The van der Waals surface area contributed by atoms with Crippen LogP contribution in [0.4, 0.5) is 4.79 Å². The van der Waals surface area contributed by atoms with Gasteiger partial charge in [-0.05, 0) is 45.7 Å². The number of likely N-dealkylation sites (tertiary alicyclic amines) is 1. The zero-order valence-corrected chi connectivity index (χ0v) is 15.9. The highest BCUT2D eigenvalue weighted by Crippen LogP contribution is 2.34. The number of nitrogens with zero attached hydrogens (tertiary/aromatic N) is 1. The number of ether oxygens (including phenoxy) is 2. The Morgan fingerprint density at radius 3 is 2.65 bits per heavy atom. The summed E-state index contributed by atoms with van der Waals surface area (Å²) in [6.07, 6.45) is 0.877. The lowest BCUT2D eigenvalue weighted by molar-refractivity contribution is -0.150. The van der Waals surface area contributed by atoms with Gasteiger partial charge in [0, 0.05) is 24.6 Å². The molecule has 1 heterocycles. The predicted octanol–water partition coefficient (Wildman–Crippen LogP) is 3.40. The Labute approximate surface area is 154 Å². The number of carbonyl (C=O) groups excluding carboxylic acids is 3. The Morgan fingerprint density at radius 2 is 2.04 bits per heavy atom. The van der Waals surface area contributed by atoms with Gasteiger partial charge in [0.05, 0.1) is 12.5 Å². The summed E-state index contributed by atoms with van der Waals surface area (Å²) in [4.78, 5) is 37.6. The highest BCUT2D eigenvalue weighted by Gasteiger charge is 2.38. The van der Waals surface area contributed by atoms with Crippen LogP contribution in [0.1, 0.15) is 56.0 Å². The maximum Gasteiger partial charge on any atom is 0.410 e. The van der Waals surface area contributed by atoms with E-state index < -0.39 is 11.7 Å². The topological polar surface area (TPSA) is 72.9 Å². The number of rotatable bonds is 4. The number of hydrogen-bond acceptors (Lipinski definition) is 5. The van der Waals surface area contributed by atoms with E-state index in [-0.39, 0.29) is 17.8 Å². The maximum atomic E-state index is 12.4. The lowest BCUT2D eigenvalue weighted by atomic mass is 9.80. The van der Waals surface area contributed by atoms with Crippen LogP contribution in [0.25, 0.3) is 0 Å². The second kappa shape index (κ2) is 8.34. The van der Waals surface area contributed by atoms with Crippen LogP contribution in [0.2, 0.25) is 0 Å². The zero-order valence-electron chi connectivity index (χ0n) is 15.9. The van der Waals surface area contributed by atoms with Crippen LogP contribution in [-0.4, -0.2) is 48.5 Å². The van der Waals surface area contributed by atoms with Crippen molar-refractivity contribution < 1.29 is 23.9 Å². The third-order valence-corrected chi connectivity index (χ3v) is 4.33. The fraction of sp³-hybridized carbons (Fsp3) is 0.550. The summed E-state index contributed by atoms with van der Waals surface area (Å²) in [5.41, 5.74) is 0.808. The Hall–Kier alpha value is -2.37. The van der Waals surface area contributed by atoms with Crippen LogP contribution in [0.15, 0.2) is 24.3 Å². The van der Waals surface area contributed by atoms with Crippen molar-refractivity contribution >= 4 is 18.3 Å². The molecule has 2 rings (SSSR count). The van der Waals surface area contributed by atoms with Gasteiger partial charge in [-0.15, -0.1) is 0 Å². The van der Waals surface area contributed by atoms with Crippen molar-refractivity contribution in [2.45, 2.75) is 45.6 Å². The first-order valence-corrected chi connectivity index (χ1v) is 8.95. The van der Waals surface area contributed by atoms with E-state index in [9.17, 15) is 14.4 Å². The first-order chi connectivity index (χ1) is 12.2. The lowest BCUT2D eigenvalue weighted by Crippen LogP contribution is -2.47. The van der Waals surface area contributed by atoms with Crippen molar-refractivity contribution in [3.8, 4) is 0 Å². The van der Waals surface area contributed by atoms with Gasteiger partial charge in [-0.3, -0.25) is 9.59 Å². The number of carbonyl (C=O) groups is 3. The standard InChI is InChI=1S/C20H27NO5/c1-5-25-18(23)16-9-10-21(19(24)26-20(2,3)4)12-17(16)15-8-6-7-14(11-15)13-22/h6-8,11,13,16-17H,5,9-10,12H2,1-4H3/t16-,17+/m1/s1. The molecule has 6 nitrogen and oxygen atoms in total. The van der Waals surface area contributed by atoms with Gasteiger partial charge in [-0.25, -0.2) is 4.79 Å². The summed E-state index contributed by atoms with van der Waals surface area (Å²) >= 11 is 0. The van der Waals surface area contributed by atoms with Crippen molar-refractivity contribution in [2.75, 3.05) is 19.7 Å². The highest BCUT2D eigenvalue weighted by atomic mass is 16.6. The van der Waals surface area contributed by atoms with E-state index in [1.54, 1.807) is 30.0 Å². The van der Waals surface area contributed by atoms with E-state index in [2.05, 4.69) is 0 Å². The fourth-order valence-electron chi connectivity index (χ4n) is 3.18. The molecule has 0 bridgehead atoms.